The molecule has 0 saturated carbocycles. The number of rotatable bonds is 3. The van der Waals surface area contributed by atoms with Gasteiger partial charge in [0.1, 0.15) is 5.84 Å². The summed E-state index contributed by atoms with van der Waals surface area (Å²) in [5.74, 6) is -3.03. The van der Waals surface area contributed by atoms with E-state index in [4.69, 9.17) is 25.2 Å². The van der Waals surface area contributed by atoms with Crippen LogP contribution in [0.1, 0.15) is 19.4 Å². The molecule has 0 atom stereocenters. The lowest BCUT2D eigenvalue weighted by Crippen LogP contribution is -2.30. The number of carboxylic acid groups (broad SMARTS) is 2. The Morgan fingerprint density at radius 3 is 1.79 bits per heavy atom. The van der Waals surface area contributed by atoms with E-state index in [-0.39, 0.29) is 0 Å². The van der Waals surface area contributed by atoms with Gasteiger partial charge in [-0.05, 0) is 13.8 Å². The normalized spacial score (nSPS) is 8.95. The molecule has 0 radical (unpaired) electrons. The maximum atomic E-state index is 9.10. The van der Waals surface area contributed by atoms with E-state index in [9.17, 15) is 0 Å². The van der Waals surface area contributed by atoms with Gasteiger partial charge in [-0.3, -0.25) is 5.41 Å². The number of hydrogen-bond donors (Lipinski definition) is 3. The Balaban J connectivity index is 0.000000459. The van der Waals surface area contributed by atoms with Gasteiger partial charge in [-0.1, -0.05) is 30.3 Å². The molecular weight excluding hydrogens is 248 g/mol. The summed E-state index contributed by atoms with van der Waals surface area (Å²) in [5.41, 5.74) is 0.992. The Morgan fingerprint density at radius 2 is 1.47 bits per heavy atom. The fraction of sp³-hybridized carbons (Fsp3) is 0.308. The minimum absolute atomic E-state index is 0.616. The number of hydrogen-bond acceptors (Lipinski definition) is 3. The van der Waals surface area contributed by atoms with Crippen LogP contribution in [0.2, 0.25) is 0 Å². The number of aliphatic carboxylic acids is 2. The Labute approximate surface area is 111 Å². The Hall–Kier alpha value is -2.37. The van der Waals surface area contributed by atoms with Gasteiger partial charge in [0, 0.05) is 18.7 Å². The average molecular weight is 266 g/mol. The number of carboxylic acids is 2. The van der Waals surface area contributed by atoms with Crippen molar-refractivity contribution in [3.63, 3.8) is 0 Å². The van der Waals surface area contributed by atoms with E-state index < -0.39 is 11.9 Å². The molecule has 0 aliphatic heterocycles. The van der Waals surface area contributed by atoms with E-state index in [0.29, 0.717) is 5.84 Å². The van der Waals surface area contributed by atoms with Crippen LogP contribution < -0.4 is 0 Å². The third-order valence-corrected chi connectivity index (χ3v) is 2.31. The van der Waals surface area contributed by atoms with Gasteiger partial charge in [0.05, 0.1) is 0 Å². The van der Waals surface area contributed by atoms with Crippen molar-refractivity contribution in [2.24, 2.45) is 0 Å². The minimum Gasteiger partial charge on any atom is -0.473 e. The Morgan fingerprint density at radius 1 is 1.05 bits per heavy atom. The third-order valence-electron chi connectivity index (χ3n) is 2.31. The predicted octanol–water partition coefficient (Wildman–Crippen LogP) is 1.51. The van der Waals surface area contributed by atoms with Crippen molar-refractivity contribution < 1.29 is 19.8 Å². The highest BCUT2D eigenvalue weighted by molar-refractivity contribution is 6.27. The number of carbonyl (C=O) groups is 2. The van der Waals surface area contributed by atoms with E-state index in [1.165, 1.54) is 0 Å². The molecule has 0 bridgehead atoms. The Bertz CT molecular complexity index is 416. The molecule has 6 nitrogen and oxygen atoms in total. The second-order valence-electron chi connectivity index (χ2n) is 3.50. The third kappa shape index (κ3) is 6.21. The van der Waals surface area contributed by atoms with Gasteiger partial charge in [0.15, 0.2) is 0 Å². The highest BCUT2D eigenvalue weighted by Crippen LogP contribution is 2.03. The van der Waals surface area contributed by atoms with Crippen LogP contribution in [0, 0.1) is 5.41 Å². The molecule has 3 N–H and O–H groups in total. The smallest absolute Gasteiger partial charge is 0.414 e. The molecule has 0 fully saturated rings. The number of nitrogens with zero attached hydrogens (tertiary/aromatic N) is 1. The summed E-state index contributed by atoms with van der Waals surface area (Å²) in [5, 5.41) is 22.7. The molecule has 0 saturated heterocycles. The van der Waals surface area contributed by atoms with Crippen molar-refractivity contribution in [3.8, 4) is 0 Å². The summed E-state index contributed by atoms with van der Waals surface area (Å²) in [6.07, 6.45) is 0. The average Bonchev–Trinajstić information content (AvgIpc) is 2.41. The lowest BCUT2D eigenvalue weighted by Gasteiger charge is -2.21. The summed E-state index contributed by atoms with van der Waals surface area (Å²) >= 11 is 0. The van der Waals surface area contributed by atoms with Crippen LogP contribution in [-0.4, -0.2) is 46.0 Å². The van der Waals surface area contributed by atoms with Crippen LogP contribution in [0.4, 0.5) is 0 Å². The maximum Gasteiger partial charge on any atom is 0.414 e. The molecule has 104 valence electrons. The molecule has 0 aliphatic carbocycles. The van der Waals surface area contributed by atoms with Crippen molar-refractivity contribution in [2.45, 2.75) is 13.8 Å². The highest BCUT2D eigenvalue weighted by Gasteiger charge is 2.06. The second kappa shape index (κ2) is 8.68. The summed E-state index contributed by atoms with van der Waals surface area (Å²) < 4.78 is 0. The van der Waals surface area contributed by atoms with Gasteiger partial charge >= 0.3 is 11.9 Å². The summed E-state index contributed by atoms with van der Waals surface area (Å²) in [7, 11) is 0. The van der Waals surface area contributed by atoms with Crippen LogP contribution in [-0.2, 0) is 9.59 Å². The zero-order valence-corrected chi connectivity index (χ0v) is 11.0. The lowest BCUT2D eigenvalue weighted by atomic mass is 10.2. The monoisotopic (exact) mass is 266 g/mol. The zero-order valence-electron chi connectivity index (χ0n) is 11.0. The first kappa shape index (κ1) is 16.6. The van der Waals surface area contributed by atoms with E-state index in [2.05, 4.69) is 13.8 Å². The van der Waals surface area contributed by atoms with Gasteiger partial charge in [-0.25, -0.2) is 9.59 Å². The number of benzene rings is 1. The molecule has 1 aromatic rings. The van der Waals surface area contributed by atoms with Gasteiger partial charge in [-0.15, -0.1) is 0 Å². The van der Waals surface area contributed by atoms with Gasteiger partial charge in [0.2, 0.25) is 0 Å². The van der Waals surface area contributed by atoms with Gasteiger partial charge < -0.3 is 15.1 Å². The maximum absolute atomic E-state index is 9.10. The van der Waals surface area contributed by atoms with Crippen LogP contribution in [0.15, 0.2) is 30.3 Å². The van der Waals surface area contributed by atoms with Crippen molar-refractivity contribution in [1.82, 2.24) is 4.90 Å². The van der Waals surface area contributed by atoms with Gasteiger partial charge in [-0.2, -0.15) is 0 Å². The molecule has 6 heteroatoms. The molecule has 0 amide bonds. The largest absolute Gasteiger partial charge is 0.473 e. The first-order valence-corrected chi connectivity index (χ1v) is 5.79. The van der Waals surface area contributed by atoms with E-state index >= 15 is 0 Å². The molecule has 1 aromatic carbocycles. The zero-order chi connectivity index (χ0) is 14.8. The molecule has 0 aliphatic rings. The van der Waals surface area contributed by atoms with E-state index in [0.717, 1.165) is 18.7 Å². The van der Waals surface area contributed by atoms with Crippen LogP contribution in [0.25, 0.3) is 0 Å². The molecule has 1 rings (SSSR count). The second-order valence-corrected chi connectivity index (χ2v) is 3.50. The van der Waals surface area contributed by atoms with Crippen LogP contribution >= 0.6 is 0 Å². The summed E-state index contributed by atoms with van der Waals surface area (Å²) in [4.78, 5) is 20.2. The SMILES string of the molecule is CCN(CC)C(=N)c1ccccc1.O=C(O)C(=O)O. The minimum atomic E-state index is -1.82. The van der Waals surface area contributed by atoms with Crippen molar-refractivity contribution in [1.29, 1.82) is 5.41 Å². The highest BCUT2D eigenvalue weighted by atomic mass is 16.4. The first-order chi connectivity index (χ1) is 8.93. The van der Waals surface area contributed by atoms with Crippen LogP contribution in [0.3, 0.4) is 0 Å². The Kier molecular flexibility index (Phi) is 7.60. The van der Waals surface area contributed by atoms with Crippen molar-refractivity contribution in [2.75, 3.05) is 13.1 Å². The summed E-state index contributed by atoms with van der Waals surface area (Å²) in [6.45, 7) is 5.93. The first-order valence-electron chi connectivity index (χ1n) is 5.79. The topological polar surface area (TPSA) is 102 Å². The molecule has 19 heavy (non-hydrogen) atoms. The van der Waals surface area contributed by atoms with Crippen LogP contribution in [0.5, 0.6) is 0 Å². The van der Waals surface area contributed by atoms with Gasteiger partial charge in [0.25, 0.3) is 0 Å². The summed E-state index contributed by atoms with van der Waals surface area (Å²) in [6, 6.07) is 9.85. The quantitative estimate of drug-likeness (QED) is 0.437. The van der Waals surface area contributed by atoms with Crippen molar-refractivity contribution >= 4 is 17.8 Å². The molecular formula is C13H18N2O4. The molecule has 0 unspecified atom stereocenters. The predicted molar refractivity (Wildman–Crippen MR) is 71.5 cm³/mol. The molecule has 0 aromatic heterocycles. The number of nitrogens with one attached hydrogen (secondary N) is 1. The van der Waals surface area contributed by atoms with Crippen molar-refractivity contribution in [3.05, 3.63) is 35.9 Å². The fourth-order valence-electron chi connectivity index (χ4n) is 1.32. The van der Waals surface area contributed by atoms with E-state index in [1.807, 2.05) is 35.2 Å². The van der Waals surface area contributed by atoms with E-state index in [1.54, 1.807) is 0 Å². The molecule has 0 heterocycles. The standard InChI is InChI=1S/C11H16N2.C2H2O4/c1-3-13(4-2)11(12)10-8-6-5-7-9-10;3-1(4)2(5)6/h5-9,12H,3-4H2,1-2H3;(H,3,4)(H,5,6). The number of amidine groups is 1. The molecule has 0 spiro atoms. The fourth-order valence-corrected chi connectivity index (χ4v) is 1.32. The lowest BCUT2D eigenvalue weighted by molar-refractivity contribution is -0.159.